The molecular formula is C24H18Cl4N2O5. The van der Waals surface area contributed by atoms with Crippen molar-refractivity contribution in [1.82, 2.24) is 0 Å². The monoisotopic (exact) mass is 554 g/mol. The topological polar surface area (TPSA) is 92.8 Å². The van der Waals surface area contributed by atoms with E-state index in [1.54, 1.807) is 6.07 Å². The van der Waals surface area contributed by atoms with Crippen LogP contribution in [0.25, 0.3) is 0 Å². The number of esters is 1. The number of amides is 3. The molecule has 2 aromatic carbocycles. The first-order valence-corrected chi connectivity index (χ1v) is 12.5. The number of imide groups is 1. The molecule has 1 heterocycles. The number of hydrogen-bond donors (Lipinski definition) is 1. The number of anilines is 2. The minimum absolute atomic E-state index is 0.113. The predicted molar refractivity (Wildman–Crippen MR) is 132 cm³/mol. The van der Waals surface area contributed by atoms with Crippen LogP contribution in [0.3, 0.4) is 0 Å². The predicted octanol–water partition coefficient (Wildman–Crippen LogP) is 4.76. The highest BCUT2D eigenvalue weighted by Crippen LogP contribution is 2.59. The largest absolute Gasteiger partial charge is 0.452 e. The molecule has 3 aliphatic rings. The smallest absolute Gasteiger partial charge is 0.338 e. The SMILES string of the molecule is O=C(COC(=O)c1ccc(N2C(=O)[C@@H]3[C@H]4C[C@@H]([C@H](Cl)[C@@H]4Cl)[C@@H]3C2=O)cc1)Nc1cc(Cl)ccc1Cl. The lowest BCUT2D eigenvalue weighted by Gasteiger charge is -2.28. The molecule has 7 nitrogen and oxygen atoms in total. The average molecular weight is 556 g/mol. The number of hydrogen-bond acceptors (Lipinski definition) is 5. The lowest BCUT2D eigenvalue weighted by molar-refractivity contribution is -0.123. The fraction of sp³-hybridized carbons (Fsp3) is 0.333. The van der Waals surface area contributed by atoms with Crippen molar-refractivity contribution in [2.45, 2.75) is 17.2 Å². The number of rotatable bonds is 5. The highest BCUT2D eigenvalue weighted by Gasteiger charge is 2.66. The fourth-order valence-electron chi connectivity index (χ4n) is 5.34. The maximum atomic E-state index is 13.1. The minimum atomic E-state index is -0.743. The second kappa shape index (κ2) is 9.28. The first-order chi connectivity index (χ1) is 16.7. The second-order valence-electron chi connectivity index (χ2n) is 8.81. The van der Waals surface area contributed by atoms with Crippen LogP contribution in [0.5, 0.6) is 0 Å². The van der Waals surface area contributed by atoms with E-state index in [1.165, 1.54) is 36.4 Å². The summed E-state index contributed by atoms with van der Waals surface area (Å²) in [6.07, 6.45) is 0.685. The average Bonchev–Trinajstić information content (AvgIpc) is 3.45. The summed E-state index contributed by atoms with van der Waals surface area (Å²) in [6.45, 7) is -0.544. The maximum absolute atomic E-state index is 13.1. The number of fused-ring (bicyclic) bond motifs is 5. The fourth-order valence-corrected chi connectivity index (χ4v) is 6.57. The number of ether oxygens (including phenoxy) is 1. The van der Waals surface area contributed by atoms with Gasteiger partial charge in [0.25, 0.3) is 5.91 Å². The molecule has 2 aromatic rings. The summed E-state index contributed by atoms with van der Waals surface area (Å²) in [5.41, 5.74) is 0.808. The molecule has 0 spiro atoms. The Morgan fingerprint density at radius 3 is 2.14 bits per heavy atom. The van der Waals surface area contributed by atoms with Crippen LogP contribution in [-0.2, 0) is 19.1 Å². The Labute approximate surface area is 220 Å². The van der Waals surface area contributed by atoms with E-state index in [-0.39, 0.29) is 45.0 Å². The van der Waals surface area contributed by atoms with Crippen LogP contribution in [-0.4, -0.2) is 41.1 Å². The molecule has 6 atom stereocenters. The molecule has 3 amide bonds. The third-order valence-electron chi connectivity index (χ3n) is 6.89. The molecule has 3 fully saturated rings. The van der Waals surface area contributed by atoms with Crippen LogP contribution >= 0.6 is 46.4 Å². The van der Waals surface area contributed by atoms with Crippen LogP contribution < -0.4 is 10.2 Å². The van der Waals surface area contributed by atoms with Crippen molar-refractivity contribution >= 4 is 81.5 Å². The van der Waals surface area contributed by atoms with Gasteiger partial charge in [0.2, 0.25) is 11.8 Å². The number of nitrogens with zero attached hydrogens (tertiary/aromatic N) is 1. The van der Waals surface area contributed by atoms with Gasteiger partial charge in [-0.1, -0.05) is 23.2 Å². The Balaban J connectivity index is 1.22. The second-order valence-corrected chi connectivity index (χ2v) is 10.7. The van der Waals surface area contributed by atoms with E-state index < -0.39 is 30.3 Å². The van der Waals surface area contributed by atoms with Crippen molar-refractivity contribution in [1.29, 1.82) is 0 Å². The van der Waals surface area contributed by atoms with Crippen molar-refractivity contribution in [3.05, 3.63) is 58.1 Å². The number of carbonyl (C=O) groups excluding carboxylic acids is 4. The lowest BCUT2D eigenvalue weighted by atomic mass is 9.80. The van der Waals surface area contributed by atoms with Gasteiger partial charge < -0.3 is 10.1 Å². The van der Waals surface area contributed by atoms with Crippen LogP contribution in [0.4, 0.5) is 11.4 Å². The molecule has 1 aliphatic heterocycles. The number of carbonyl (C=O) groups is 4. The minimum Gasteiger partial charge on any atom is -0.452 e. The summed E-state index contributed by atoms with van der Waals surface area (Å²) in [5.74, 6) is -3.05. The summed E-state index contributed by atoms with van der Waals surface area (Å²) in [7, 11) is 0. The van der Waals surface area contributed by atoms with E-state index in [9.17, 15) is 19.2 Å². The zero-order valence-electron chi connectivity index (χ0n) is 17.9. The first-order valence-electron chi connectivity index (χ1n) is 10.9. The van der Waals surface area contributed by atoms with Crippen molar-refractivity contribution < 1.29 is 23.9 Å². The van der Waals surface area contributed by atoms with E-state index >= 15 is 0 Å². The summed E-state index contributed by atoms with van der Waals surface area (Å²) >= 11 is 24.7. The van der Waals surface area contributed by atoms with Crippen LogP contribution in [0.1, 0.15) is 16.8 Å². The quantitative estimate of drug-likeness (QED) is 0.326. The summed E-state index contributed by atoms with van der Waals surface area (Å²) in [6, 6.07) is 10.4. The van der Waals surface area contributed by atoms with Gasteiger partial charge in [0.05, 0.1) is 44.6 Å². The molecule has 182 valence electrons. The number of benzene rings is 2. The van der Waals surface area contributed by atoms with Gasteiger partial charge in [0, 0.05) is 5.02 Å². The summed E-state index contributed by atoms with van der Waals surface area (Å²) in [4.78, 5) is 51.8. The Hall–Kier alpha value is -2.32. The number of halogens is 4. The zero-order valence-corrected chi connectivity index (χ0v) is 20.9. The molecule has 5 rings (SSSR count). The third-order valence-corrected chi connectivity index (χ3v) is 8.77. The van der Waals surface area contributed by atoms with Crippen LogP contribution in [0, 0.1) is 23.7 Å². The Morgan fingerprint density at radius 2 is 1.54 bits per heavy atom. The third kappa shape index (κ3) is 4.18. The zero-order chi connectivity index (χ0) is 25.0. The molecule has 0 radical (unpaired) electrons. The molecule has 2 saturated carbocycles. The summed E-state index contributed by atoms with van der Waals surface area (Å²) < 4.78 is 5.06. The van der Waals surface area contributed by atoms with Crippen molar-refractivity contribution in [2.24, 2.45) is 23.7 Å². The van der Waals surface area contributed by atoms with Crippen LogP contribution in [0.2, 0.25) is 10.0 Å². The van der Waals surface area contributed by atoms with Gasteiger partial charge in [-0.3, -0.25) is 19.3 Å². The first kappa shape index (κ1) is 24.4. The molecule has 0 aromatic heterocycles. The van der Waals surface area contributed by atoms with Crippen molar-refractivity contribution in [3.63, 3.8) is 0 Å². The molecule has 35 heavy (non-hydrogen) atoms. The van der Waals surface area contributed by atoms with Crippen molar-refractivity contribution in [2.75, 3.05) is 16.8 Å². The highest BCUT2D eigenvalue weighted by molar-refractivity contribution is 6.35. The van der Waals surface area contributed by atoms with E-state index in [4.69, 9.17) is 51.1 Å². The number of nitrogens with one attached hydrogen (secondary N) is 1. The molecular weight excluding hydrogens is 538 g/mol. The van der Waals surface area contributed by atoms with E-state index in [1.807, 2.05) is 0 Å². The Bertz CT molecular complexity index is 1200. The van der Waals surface area contributed by atoms with Gasteiger partial charge in [-0.25, -0.2) is 4.79 Å². The Morgan fingerprint density at radius 1 is 0.943 bits per heavy atom. The normalized spacial score (nSPS) is 28.9. The Kier molecular flexibility index (Phi) is 6.46. The van der Waals surface area contributed by atoms with E-state index in [2.05, 4.69) is 5.32 Å². The highest BCUT2D eigenvalue weighted by atomic mass is 35.5. The molecule has 2 bridgehead atoms. The van der Waals surface area contributed by atoms with Gasteiger partial charge in [0.15, 0.2) is 6.61 Å². The summed E-state index contributed by atoms with van der Waals surface area (Å²) in [5, 5.41) is 2.53. The van der Waals surface area contributed by atoms with E-state index in [0.29, 0.717) is 22.8 Å². The maximum Gasteiger partial charge on any atom is 0.338 e. The molecule has 2 aliphatic carbocycles. The standard InChI is InChI=1S/C24H18Cl4N2O5/c25-11-3-6-15(26)16(7-11)29-17(31)9-35-24(34)10-1-4-12(5-2-10)30-22(32)18-13-8-14(19(18)23(30)33)21(28)20(13)27/h1-7,13-14,18-21H,8-9H2,(H,29,31)/t13-,14-,18-,19+,20-,21+/m1/s1. The van der Waals surface area contributed by atoms with Gasteiger partial charge in [-0.15, -0.1) is 23.2 Å². The molecule has 1 N–H and O–H groups in total. The van der Waals surface area contributed by atoms with Gasteiger partial charge in [0.1, 0.15) is 0 Å². The molecule has 0 unspecified atom stereocenters. The van der Waals surface area contributed by atoms with E-state index in [0.717, 1.165) is 4.90 Å². The van der Waals surface area contributed by atoms with Gasteiger partial charge in [-0.2, -0.15) is 0 Å². The van der Waals surface area contributed by atoms with Gasteiger partial charge >= 0.3 is 5.97 Å². The van der Waals surface area contributed by atoms with Crippen LogP contribution in [0.15, 0.2) is 42.5 Å². The van der Waals surface area contributed by atoms with Gasteiger partial charge in [-0.05, 0) is 60.7 Å². The van der Waals surface area contributed by atoms with Crippen molar-refractivity contribution in [3.8, 4) is 0 Å². The number of alkyl halides is 2. The molecule has 1 saturated heterocycles. The lowest BCUT2D eigenvalue weighted by Crippen LogP contribution is -2.37. The molecule has 11 heteroatoms.